The number of nitrogens with zero attached hydrogens (tertiary/aromatic N) is 1. The number of para-hydroxylation sites is 1. The maximum absolute atomic E-state index is 11.9. The van der Waals surface area contributed by atoms with E-state index in [1.165, 1.54) is 5.69 Å². The van der Waals surface area contributed by atoms with E-state index >= 15 is 0 Å². The van der Waals surface area contributed by atoms with Gasteiger partial charge in [0.1, 0.15) is 0 Å². The average Bonchev–Trinajstić information content (AvgIpc) is 2.46. The van der Waals surface area contributed by atoms with Crippen molar-refractivity contribution in [1.29, 1.82) is 0 Å². The van der Waals surface area contributed by atoms with Crippen LogP contribution in [0.1, 0.15) is 26.2 Å². The number of ether oxygens (including phenoxy) is 1. The minimum absolute atomic E-state index is 0.0301. The number of hydrogen-bond donors (Lipinski definition) is 0. The van der Waals surface area contributed by atoms with Crippen molar-refractivity contribution in [3.05, 3.63) is 30.3 Å². The fraction of sp³-hybridized carbons (Fsp3) is 0.533. The molecule has 98 valence electrons. The first-order valence-electron chi connectivity index (χ1n) is 6.78. The summed E-state index contributed by atoms with van der Waals surface area (Å²) in [5, 5.41) is 0. The smallest absolute Gasteiger partial charge is 0.310 e. The molecule has 0 aromatic heterocycles. The Kier molecular flexibility index (Phi) is 4.62. The van der Waals surface area contributed by atoms with Crippen LogP contribution in [-0.4, -0.2) is 25.7 Å². The molecule has 1 atom stereocenters. The second kappa shape index (κ2) is 6.43. The Balaban J connectivity index is 1.94. The maximum atomic E-state index is 11.9. The van der Waals surface area contributed by atoms with E-state index in [1.54, 1.807) is 0 Å². The van der Waals surface area contributed by atoms with Crippen LogP contribution < -0.4 is 4.90 Å². The summed E-state index contributed by atoms with van der Waals surface area (Å²) in [6.45, 7) is 4.37. The standard InChI is InChI=1S/C15H21NO2/c1-2-11-18-15(17)13-7-6-10-16(12-13)14-8-4-3-5-9-14/h3-5,8-9,13H,2,6-7,10-12H2,1H3. The van der Waals surface area contributed by atoms with E-state index in [2.05, 4.69) is 17.0 Å². The van der Waals surface area contributed by atoms with Gasteiger partial charge in [0.25, 0.3) is 0 Å². The van der Waals surface area contributed by atoms with Crippen LogP contribution in [-0.2, 0) is 9.53 Å². The third-order valence-electron chi connectivity index (χ3n) is 3.32. The lowest BCUT2D eigenvalue weighted by molar-refractivity contribution is -0.148. The first-order chi connectivity index (χ1) is 8.81. The molecule has 0 amide bonds. The third kappa shape index (κ3) is 3.25. The molecule has 1 aliphatic heterocycles. The van der Waals surface area contributed by atoms with E-state index in [0.717, 1.165) is 32.4 Å². The zero-order valence-electron chi connectivity index (χ0n) is 11.0. The van der Waals surface area contributed by atoms with Gasteiger partial charge in [-0.15, -0.1) is 0 Å². The van der Waals surface area contributed by atoms with Crippen LogP contribution >= 0.6 is 0 Å². The van der Waals surface area contributed by atoms with Crippen molar-refractivity contribution in [2.75, 3.05) is 24.6 Å². The van der Waals surface area contributed by atoms with Crippen LogP contribution in [0.4, 0.5) is 5.69 Å². The predicted octanol–water partition coefficient (Wildman–Crippen LogP) is 2.86. The summed E-state index contributed by atoms with van der Waals surface area (Å²) in [5.74, 6) is 0.00277. The predicted molar refractivity (Wildman–Crippen MR) is 72.6 cm³/mol. The van der Waals surface area contributed by atoms with Gasteiger partial charge in [0.2, 0.25) is 0 Å². The molecule has 1 aliphatic rings. The van der Waals surface area contributed by atoms with Crippen molar-refractivity contribution in [2.45, 2.75) is 26.2 Å². The quantitative estimate of drug-likeness (QED) is 0.766. The molecule has 0 bridgehead atoms. The summed E-state index contributed by atoms with van der Waals surface area (Å²) in [5.41, 5.74) is 1.20. The fourth-order valence-corrected chi connectivity index (χ4v) is 2.36. The Morgan fingerprint density at radius 3 is 2.89 bits per heavy atom. The van der Waals surface area contributed by atoms with Crippen LogP contribution in [0.15, 0.2) is 30.3 Å². The highest BCUT2D eigenvalue weighted by atomic mass is 16.5. The Labute approximate surface area is 109 Å². The fourth-order valence-electron chi connectivity index (χ4n) is 2.36. The van der Waals surface area contributed by atoms with Crippen LogP contribution in [0, 0.1) is 5.92 Å². The summed E-state index contributed by atoms with van der Waals surface area (Å²) in [7, 11) is 0. The van der Waals surface area contributed by atoms with Crippen molar-refractivity contribution < 1.29 is 9.53 Å². The van der Waals surface area contributed by atoms with Crippen LogP contribution in [0.25, 0.3) is 0 Å². The van der Waals surface area contributed by atoms with Gasteiger partial charge in [0.15, 0.2) is 0 Å². The number of carbonyl (C=O) groups is 1. The van der Waals surface area contributed by atoms with Crippen LogP contribution in [0.3, 0.4) is 0 Å². The molecule has 1 fully saturated rings. The van der Waals surface area contributed by atoms with Crippen molar-refractivity contribution in [3.63, 3.8) is 0 Å². The summed E-state index contributed by atoms with van der Waals surface area (Å²) >= 11 is 0. The first-order valence-corrected chi connectivity index (χ1v) is 6.78. The lowest BCUT2D eigenvalue weighted by Gasteiger charge is -2.33. The van der Waals surface area contributed by atoms with E-state index in [9.17, 15) is 4.79 Å². The first kappa shape index (κ1) is 12.9. The van der Waals surface area contributed by atoms with Gasteiger partial charge in [-0.1, -0.05) is 25.1 Å². The van der Waals surface area contributed by atoms with E-state index in [1.807, 2.05) is 25.1 Å². The Morgan fingerprint density at radius 1 is 1.39 bits per heavy atom. The second-order valence-electron chi connectivity index (χ2n) is 4.79. The molecule has 1 aromatic rings. The molecule has 1 aromatic carbocycles. The van der Waals surface area contributed by atoms with Gasteiger partial charge in [0.05, 0.1) is 12.5 Å². The molecule has 0 spiro atoms. The zero-order valence-corrected chi connectivity index (χ0v) is 11.0. The van der Waals surface area contributed by atoms with Gasteiger partial charge in [-0.3, -0.25) is 4.79 Å². The average molecular weight is 247 g/mol. The van der Waals surface area contributed by atoms with Crippen LogP contribution in [0.5, 0.6) is 0 Å². The molecule has 2 rings (SSSR count). The number of hydrogen-bond acceptors (Lipinski definition) is 3. The molecule has 0 radical (unpaired) electrons. The molecular weight excluding hydrogens is 226 g/mol. The number of anilines is 1. The highest BCUT2D eigenvalue weighted by Gasteiger charge is 2.26. The van der Waals surface area contributed by atoms with E-state index in [-0.39, 0.29) is 11.9 Å². The van der Waals surface area contributed by atoms with Gasteiger partial charge in [-0.25, -0.2) is 0 Å². The van der Waals surface area contributed by atoms with Gasteiger partial charge in [0, 0.05) is 18.8 Å². The SMILES string of the molecule is CCCOC(=O)C1CCCN(c2ccccc2)C1. The molecule has 3 nitrogen and oxygen atoms in total. The lowest BCUT2D eigenvalue weighted by Crippen LogP contribution is -2.39. The molecule has 0 saturated carbocycles. The molecule has 0 aliphatic carbocycles. The Bertz CT molecular complexity index is 377. The highest BCUT2D eigenvalue weighted by molar-refractivity contribution is 5.73. The summed E-state index contributed by atoms with van der Waals surface area (Å²) in [6, 6.07) is 10.3. The Hall–Kier alpha value is -1.51. The zero-order chi connectivity index (χ0) is 12.8. The van der Waals surface area contributed by atoms with E-state index in [0.29, 0.717) is 6.61 Å². The summed E-state index contributed by atoms with van der Waals surface area (Å²) < 4.78 is 5.25. The number of carbonyl (C=O) groups excluding carboxylic acids is 1. The van der Waals surface area contributed by atoms with E-state index < -0.39 is 0 Å². The molecular formula is C15H21NO2. The number of rotatable bonds is 4. The number of benzene rings is 1. The largest absolute Gasteiger partial charge is 0.465 e. The summed E-state index contributed by atoms with van der Waals surface area (Å²) in [6.07, 6.45) is 2.90. The second-order valence-corrected chi connectivity index (χ2v) is 4.79. The minimum Gasteiger partial charge on any atom is -0.465 e. The maximum Gasteiger partial charge on any atom is 0.310 e. The van der Waals surface area contributed by atoms with Gasteiger partial charge < -0.3 is 9.64 Å². The normalized spacial score (nSPS) is 19.6. The minimum atomic E-state index is -0.0301. The van der Waals surface area contributed by atoms with Crippen molar-refractivity contribution in [3.8, 4) is 0 Å². The van der Waals surface area contributed by atoms with Crippen molar-refractivity contribution in [1.82, 2.24) is 0 Å². The van der Waals surface area contributed by atoms with Crippen molar-refractivity contribution >= 4 is 11.7 Å². The van der Waals surface area contributed by atoms with Gasteiger partial charge in [-0.2, -0.15) is 0 Å². The molecule has 18 heavy (non-hydrogen) atoms. The molecule has 3 heteroatoms. The Morgan fingerprint density at radius 2 is 2.17 bits per heavy atom. The highest BCUT2D eigenvalue weighted by Crippen LogP contribution is 2.23. The number of piperidine rings is 1. The van der Waals surface area contributed by atoms with E-state index in [4.69, 9.17) is 4.74 Å². The van der Waals surface area contributed by atoms with Crippen molar-refractivity contribution in [2.24, 2.45) is 5.92 Å². The molecule has 1 saturated heterocycles. The summed E-state index contributed by atoms with van der Waals surface area (Å²) in [4.78, 5) is 14.2. The molecule has 0 N–H and O–H groups in total. The molecule has 1 unspecified atom stereocenters. The van der Waals surface area contributed by atoms with Gasteiger partial charge >= 0.3 is 5.97 Å². The number of esters is 1. The van der Waals surface area contributed by atoms with Gasteiger partial charge in [-0.05, 0) is 31.4 Å². The van der Waals surface area contributed by atoms with Crippen LogP contribution in [0.2, 0.25) is 0 Å². The third-order valence-corrected chi connectivity index (χ3v) is 3.32. The lowest BCUT2D eigenvalue weighted by atomic mass is 9.97. The molecule has 1 heterocycles. The monoisotopic (exact) mass is 247 g/mol. The topological polar surface area (TPSA) is 29.5 Å².